The van der Waals surface area contributed by atoms with Crippen molar-refractivity contribution in [3.8, 4) is 23.0 Å². The summed E-state index contributed by atoms with van der Waals surface area (Å²) in [5.41, 5.74) is 2.18. The average Bonchev–Trinajstić information content (AvgIpc) is 2.45. The number of aromatic hydroxyl groups is 2. The van der Waals surface area contributed by atoms with Crippen LogP contribution in [0.4, 0.5) is 0 Å². The summed E-state index contributed by atoms with van der Waals surface area (Å²) in [6.07, 6.45) is 0. The van der Waals surface area contributed by atoms with Gasteiger partial charge < -0.3 is 14.9 Å². The largest absolute Gasteiger partial charge is 0.507 e. The van der Waals surface area contributed by atoms with Crippen molar-refractivity contribution in [2.24, 2.45) is 5.92 Å². The maximum Gasteiger partial charge on any atom is 0.148 e. The van der Waals surface area contributed by atoms with Crippen LogP contribution in [0.2, 0.25) is 0 Å². The van der Waals surface area contributed by atoms with Gasteiger partial charge in [-0.3, -0.25) is 0 Å². The van der Waals surface area contributed by atoms with E-state index in [-0.39, 0.29) is 17.4 Å². The minimum atomic E-state index is 0.176. The molecule has 0 fully saturated rings. The van der Waals surface area contributed by atoms with Crippen LogP contribution in [0, 0.1) is 16.6 Å². The number of ether oxygens (including phenoxy) is 1. The Bertz CT molecular complexity index is 772. The molecule has 0 aromatic heterocycles. The van der Waals surface area contributed by atoms with E-state index < -0.39 is 0 Å². The van der Waals surface area contributed by atoms with Crippen molar-refractivity contribution in [2.75, 3.05) is 0 Å². The first-order valence-corrected chi connectivity index (χ1v) is 9.96. The van der Waals surface area contributed by atoms with Crippen molar-refractivity contribution in [1.82, 2.24) is 0 Å². The van der Waals surface area contributed by atoms with Crippen molar-refractivity contribution in [3.05, 3.63) is 40.0 Å². The Balaban J connectivity index is 2.30. The summed E-state index contributed by atoms with van der Waals surface area (Å²) in [6, 6.07) is 5.66. The van der Waals surface area contributed by atoms with Crippen LogP contribution < -0.4 is 4.74 Å². The fourth-order valence-corrected chi connectivity index (χ4v) is 5.15. The SMILES string of the molecule is CC(C)C1c2cc(I)c(O)cc2Oc2c1cc(I)c(O)c2I. The second-order valence-electron chi connectivity index (χ2n) is 5.60. The molecule has 0 bridgehead atoms. The van der Waals surface area contributed by atoms with E-state index in [0.29, 0.717) is 21.0 Å². The van der Waals surface area contributed by atoms with Crippen molar-refractivity contribution in [2.45, 2.75) is 19.8 Å². The normalized spacial score (nSPS) is 16.2. The summed E-state index contributed by atoms with van der Waals surface area (Å²) in [6.45, 7) is 4.35. The van der Waals surface area contributed by atoms with E-state index in [2.05, 4.69) is 81.6 Å². The number of hydrogen-bond acceptors (Lipinski definition) is 3. The van der Waals surface area contributed by atoms with Crippen molar-refractivity contribution in [3.63, 3.8) is 0 Å². The fourth-order valence-electron chi connectivity index (χ4n) is 2.83. The van der Waals surface area contributed by atoms with E-state index in [1.165, 1.54) is 0 Å². The zero-order valence-corrected chi connectivity index (χ0v) is 18.3. The van der Waals surface area contributed by atoms with Crippen LogP contribution in [-0.2, 0) is 0 Å². The molecular weight excluding hydrogens is 621 g/mol. The van der Waals surface area contributed by atoms with Crippen LogP contribution in [0.3, 0.4) is 0 Å². The van der Waals surface area contributed by atoms with Gasteiger partial charge in [0.1, 0.15) is 23.0 Å². The van der Waals surface area contributed by atoms with Crippen LogP contribution in [0.5, 0.6) is 23.0 Å². The Morgan fingerprint density at radius 1 is 1.00 bits per heavy atom. The molecule has 0 radical (unpaired) electrons. The Hall–Kier alpha value is 0.0300. The zero-order valence-electron chi connectivity index (χ0n) is 11.8. The Kier molecular flexibility index (Phi) is 4.72. The van der Waals surface area contributed by atoms with Crippen LogP contribution in [-0.4, -0.2) is 10.2 Å². The lowest BCUT2D eigenvalue weighted by Gasteiger charge is -2.32. The second-order valence-corrected chi connectivity index (χ2v) is 9.01. The Morgan fingerprint density at radius 3 is 2.27 bits per heavy atom. The minimum Gasteiger partial charge on any atom is -0.507 e. The highest BCUT2D eigenvalue weighted by Gasteiger charge is 2.33. The summed E-state index contributed by atoms with van der Waals surface area (Å²) >= 11 is 6.40. The zero-order chi connectivity index (χ0) is 16.2. The third kappa shape index (κ3) is 2.68. The lowest BCUT2D eigenvalue weighted by Crippen LogP contribution is -2.16. The summed E-state index contributed by atoms with van der Waals surface area (Å²) in [5, 5.41) is 20.2. The molecule has 0 amide bonds. The lowest BCUT2D eigenvalue weighted by molar-refractivity contribution is 0.399. The molecule has 6 heteroatoms. The van der Waals surface area contributed by atoms with Gasteiger partial charge in [-0.2, -0.15) is 0 Å². The number of hydrogen-bond donors (Lipinski definition) is 2. The molecule has 3 nitrogen and oxygen atoms in total. The molecule has 1 aliphatic heterocycles. The second kappa shape index (κ2) is 6.15. The van der Waals surface area contributed by atoms with Gasteiger partial charge in [0.2, 0.25) is 0 Å². The number of phenols is 2. The first-order chi connectivity index (χ1) is 10.3. The van der Waals surface area contributed by atoms with Crippen molar-refractivity contribution >= 4 is 67.8 Å². The van der Waals surface area contributed by atoms with E-state index in [0.717, 1.165) is 18.3 Å². The predicted octanol–water partition coefficient (Wildman–Crippen LogP) is 5.81. The Labute approximate surface area is 169 Å². The molecule has 2 N–H and O–H groups in total. The van der Waals surface area contributed by atoms with Crippen molar-refractivity contribution < 1.29 is 14.9 Å². The number of halogens is 3. The van der Waals surface area contributed by atoms with Crippen LogP contribution in [0.15, 0.2) is 18.2 Å². The van der Waals surface area contributed by atoms with Crippen LogP contribution in [0.25, 0.3) is 0 Å². The van der Waals surface area contributed by atoms with Gasteiger partial charge in [-0.25, -0.2) is 0 Å². The van der Waals surface area contributed by atoms with Crippen LogP contribution >= 0.6 is 67.8 Å². The topological polar surface area (TPSA) is 49.7 Å². The summed E-state index contributed by atoms with van der Waals surface area (Å²) in [7, 11) is 0. The third-order valence-electron chi connectivity index (χ3n) is 3.81. The highest BCUT2D eigenvalue weighted by atomic mass is 127. The van der Waals surface area contributed by atoms with Gasteiger partial charge in [0.25, 0.3) is 0 Å². The van der Waals surface area contributed by atoms with Gasteiger partial charge >= 0.3 is 0 Å². The molecule has 0 saturated carbocycles. The molecule has 1 unspecified atom stereocenters. The monoisotopic (exact) mass is 634 g/mol. The quantitative estimate of drug-likeness (QED) is 0.390. The molecule has 116 valence electrons. The molecular formula is C16H13I3O3. The minimum absolute atomic E-state index is 0.176. The van der Waals surface area contributed by atoms with Gasteiger partial charge in [-0.15, -0.1) is 0 Å². The van der Waals surface area contributed by atoms with Crippen molar-refractivity contribution in [1.29, 1.82) is 0 Å². The van der Waals surface area contributed by atoms with Gasteiger partial charge in [0, 0.05) is 23.1 Å². The molecule has 0 aliphatic carbocycles. The number of fused-ring (bicyclic) bond motifs is 2. The summed E-state index contributed by atoms with van der Waals surface area (Å²) < 4.78 is 8.39. The lowest BCUT2D eigenvalue weighted by atomic mass is 9.80. The van der Waals surface area contributed by atoms with E-state index in [9.17, 15) is 10.2 Å². The molecule has 1 heterocycles. The third-order valence-corrected chi connectivity index (χ3v) is 6.49. The molecule has 2 aromatic rings. The molecule has 2 aromatic carbocycles. The number of rotatable bonds is 1. The maximum atomic E-state index is 10.2. The van der Waals surface area contributed by atoms with Crippen LogP contribution in [0.1, 0.15) is 30.9 Å². The summed E-state index contributed by atoms with van der Waals surface area (Å²) in [5.74, 6) is 2.39. The van der Waals surface area contributed by atoms with E-state index in [1.807, 2.05) is 12.1 Å². The van der Waals surface area contributed by atoms with Gasteiger partial charge in [0.15, 0.2) is 0 Å². The molecule has 22 heavy (non-hydrogen) atoms. The number of phenolic OH excluding ortho intramolecular Hbond substituents is 2. The standard InChI is InChI=1S/C16H13I3O3/c1-6(2)13-7-3-9(17)11(20)5-12(7)22-16-8(13)4-10(18)15(21)14(16)19/h3-6,13,20-21H,1-2H3. The molecule has 1 atom stereocenters. The fraction of sp³-hybridized carbons (Fsp3) is 0.250. The molecule has 1 aliphatic rings. The smallest absolute Gasteiger partial charge is 0.148 e. The number of benzene rings is 2. The maximum absolute atomic E-state index is 10.2. The Morgan fingerprint density at radius 2 is 1.64 bits per heavy atom. The first kappa shape index (κ1) is 16.9. The average molecular weight is 634 g/mol. The molecule has 3 rings (SSSR count). The molecule has 0 saturated heterocycles. The predicted molar refractivity (Wildman–Crippen MR) is 111 cm³/mol. The highest BCUT2D eigenvalue weighted by molar-refractivity contribution is 14.1. The van der Waals surface area contributed by atoms with E-state index in [4.69, 9.17) is 4.74 Å². The van der Waals surface area contributed by atoms with E-state index in [1.54, 1.807) is 6.07 Å². The first-order valence-electron chi connectivity index (χ1n) is 6.72. The summed E-state index contributed by atoms with van der Waals surface area (Å²) in [4.78, 5) is 0. The van der Waals surface area contributed by atoms with E-state index >= 15 is 0 Å². The molecule has 0 spiro atoms. The van der Waals surface area contributed by atoms with Gasteiger partial charge in [-0.1, -0.05) is 13.8 Å². The van der Waals surface area contributed by atoms with Gasteiger partial charge in [-0.05, 0) is 85.8 Å². The highest BCUT2D eigenvalue weighted by Crippen LogP contribution is 2.52. The van der Waals surface area contributed by atoms with Gasteiger partial charge in [0.05, 0.1) is 10.7 Å².